The average Bonchev–Trinajstić information content (AvgIpc) is 2.53. The molecule has 3 amide bonds. The van der Waals surface area contributed by atoms with Crippen LogP contribution in [0.1, 0.15) is 37.7 Å². The molecule has 0 radical (unpaired) electrons. The predicted molar refractivity (Wildman–Crippen MR) is 89.0 cm³/mol. The Morgan fingerprint density at radius 3 is 2.65 bits per heavy atom. The zero-order chi connectivity index (χ0) is 16.1. The molecule has 124 valence electrons. The molecule has 1 aliphatic carbocycles. The molecule has 1 atom stereocenters. The van der Waals surface area contributed by atoms with Crippen molar-refractivity contribution >= 4 is 11.9 Å². The Bertz CT molecular complexity index is 555. The first-order valence-corrected chi connectivity index (χ1v) is 8.53. The van der Waals surface area contributed by atoms with Crippen LogP contribution in [0.5, 0.6) is 0 Å². The van der Waals surface area contributed by atoms with Crippen LogP contribution in [0.15, 0.2) is 30.3 Å². The number of rotatable bonds is 5. The van der Waals surface area contributed by atoms with E-state index in [1.807, 2.05) is 6.07 Å². The van der Waals surface area contributed by atoms with Gasteiger partial charge in [0, 0.05) is 13.1 Å². The maximum atomic E-state index is 12.1. The lowest BCUT2D eigenvalue weighted by atomic mass is 9.65. The van der Waals surface area contributed by atoms with Crippen LogP contribution in [0.25, 0.3) is 0 Å². The van der Waals surface area contributed by atoms with E-state index in [1.165, 1.54) is 12.0 Å². The van der Waals surface area contributed by atoms with E-state index in [4.69, 9.17) is 0 Å². The lowest BCUT2D eigenvalue weighted by molar-refractivity contribution is -0.124. The van der Waals surface area contributed by atoms with Crippen molar-refractivity contribution in [2.45, 2.75) is 44.6 Å². The van der Waals surface area contributed by atoms with Crippen LogP contribution in [0.3, 0.4) is 0 Å². The molecular weight excluding hydrogens is 290 g/mol. The summed E-state index contributed by atoms with van der Waals surface area (Å²) < 4.78 is 0. The van der Waals surface area contributed by atoms with E-state index < -0.39 is 6.04 Å². The molecule has 5 heteroatoms. The van der Waals surface area contributed by atoms with Gasteiger partial charge in [-0.15, -0.1) is 0 Å². The van der Waals surface area contributed by atoms with E-state index in [9.17, 15) is 9.59 Å². The topological polar surface area (TPSA) is 70.2 Å². The van der Waals surface area contributed by atoms with Gasteiger partial charge in [-0.25, -0.2) is 4.79 Å². The van der Waals surface area contributed by atoms with Crippen LogP contribution >= 0.6 is 0 Å². The summed E-state index contributed by atoms with van der Waals surface area (Å²) in [5.74, 6) is -0.0750. The van der Waals surface area contributed by atoms with Gasteiger partial charge in [-0.1, -0.05) is 36.8 Å². The third-order valence-corrected chi connectivity index (χ3v) is 5.05. The maximum absolute atomic E-state index is 12.1. The highest BCUT2D eigenvalue weighted by molar-refractivity contribution is 5.87. The molecule has 1 saturated carbocycles. The van der Waals surface area contributed by atoms with Crippen molar-refractivity contribution in [1.82, 2.24) is 16.0 Å². The molecule has 3 N–H and O–H groups in total. The van der Waals surface area contributed by atoms with E-state index in [0.717, 1.165) is 25.7 Å². The van der Waals surface area contributed by atoms with Crippen molar-refractivity contribution in [3.63, 3.8) is 0 Å². The second-order valence-electron chi connectivity index (χ2n) is 6.83. The number of carbonyl (C=O) groups is 2. The molecule has 5 nitrogen and oxygen atoms in total. The van der Waals surface area contributed by atoms with Gasteiger partial charge in [-0.3, -0.25) is 4.79 Å². The number of piperidine rings is 1. The molecule has 0 spiro atoms. The number of urea groups is 1. The van der Waals surface area contributed by atoms with Crippen molar-refractivity contribution in [1.29, 1.82) is 0 Å². The fraction of sp³-hybridized carbons (Fsp3) is 0.556. The van der Waals surface area contributed by atoms with Gasteiger partial charge in [0.05, 0.1) is 0 Å². The van der Waals surface area contributed by atoms with Crippen molar-refractivity contribution in [3.8, 4) is 0 Å². The predicted octanol–water partition coefficient (Wildman–Crippen LogP) is 1.98. The van der Waals surface area contributed by atoms with Gasteiger partial charge in [0.25, 0.3) is 0 Å². The van der Waals surface area contributed by atoms with Gasteiger partial charge < -0.3 is 16.0 Å². The monoisotopic (exact) mass is 315 g/mol. The van der Waals surface area contributed by atoms with Crippen LogP contribution in [0.4, 0.5) is 4.79 Å². The van der Waals surface area contributed by atoms with E-state index >= 15 is 0 Å². The van der Waals surface area contributed by atoms with Gasteiger partial charge in [-0.2, -0.15) is 0 Å². The van der Waals surface area contributed by atoms with Crippen LogP contribution in [0.2, 0.25) is 0 Å². The smallest absolute Gasteiger partial charge is 0.315 e. The SMILES string of the molecule is O=C(NCC1(Cc2ccccc2)CCC1)N[C@H]1CCCNC1=O. The molecule has 0 bridgehead atoms. The minimum absolute atomic E-state index is 0.0750. The third kappa shape index (κ3) is 4.03. The van der Waals surface area contributed by atoms with Gasteiger partial charge in [0.15, 0.2) is 0 Å². The number of carbonyl (C=O) groups excluding carboxylic acids is 2. The normalized spacial score (nSPS) is 22.6. The summed E-state index contributed by atoms with van der Waals surface area (Å²) in [5.41, 5.74) is 1.49. The van der Waals surface area contributed by atoms with Crippen molar-refractivity contribution in [3.05, 3.63) is 35.9 Å². The number of amides is 3. The lowest BCUT2D eigenvalue weighted by Crippen LogP contribution is -2.54. The van der Waals surface area contributed by atoms with Gasteiger partial charge >= 0.3 is 6.03 Å². The second-order valence-corrected chi connectivity index (χ2v) is 6.83. The molecule has 0 unspecified atom stereocenters. The first kappa shape index (κ1) is 15.8. The van der Waals surface area contributed by atoms with E-state index in [0.29, 0.717) is 19.5 Å². The van der Waals surface area contributed by atoms with Gasteiger partial charge in [0.1, 0.15) is 6.04 Å². The molecule has 1 heterocycles. The molecule has 0 aromatic heterocycles. The highest BCUT2D eigenvalue weighted by atomic mass is 16.2. The highest BCUT2D eigenvalue weighted by Crippen LogP contribution is 2.43. The Hall–Kier alpha value is -2.04. The van der Waals surface area contributed by atoms with Crippen molar-refractivity contribution in [2.75, 3.05) is 13.1 Å². The summed E-state index contributed by atoms with van der Waals surface area (Å²) in [6.07, 6.45) is 6.14. The zero-order valence-corrected chi connectivity index (χ0v) is 13.4. The highest BCUT2D eigenvalue weighted by Gasteiger charge is 2.37. The molecule has 1 aromatic rings. The van der Waals surface area contributed by atoms with Crippen LogP contribution in [-0.2, 0) is 11.2 Å². The number of nitrogens with one attached hydrogen (secondary N) is 3. The molecule has 23 heavy (non-hydrogen) atoms. The quantitative estimate of drug-likeness (QED) is 0.777. The molecular formula is C18H25N3O2. The molecule has 3 rings (SSSR count). The molecule has 1 saturated heterocycles. The summed E-state index contributed by atoms with van der Waals surface area (Å²) >= 11 is 0. The number of benzene rings is 1. The summed E-state index contributed by atoms with van der Waals surface area (Å²) in [7, 11) is 0. The first-order chi connectivity index (χ1) is 11.2. The van der Waals surface area contributed by atoms with Crippen LogP contribution in [-0.4, -0.2) is 31.1 Å². The Morgan fingerprint density at radius 2 is 2.00 bits per heavy atom. The van der Waals surface area contributed by atoms with Crippen molar-refractivity contribution in [2.24, 2.45) is 5.41 Å². The Kier molecular flexibility index (Phi) is 4.84. The minimum Gasteiger partial charge on any atom is -0.354 e. The van der Waals surface area contributed by atoms with Crippen LogP contribution in [0, 0.1) is 5.41 Å². The van der Waals surface area contributed by atoms with Gasteiger partial charge in [-0.05, 0) is 43.1 Å². The fourth-order valence-corrected chi connectivity index (χ4v) is 3.51. The van der Waals surface area contributed by atoms with Gasteiger partial charge in [0.2, 0.25) is 5.91 Å². The zero-order valence-electron chi connectivity index (χ0n) is 13.4. The summed E-state index contributed by atoms with van der Waals surface area (Å²) in [6.45, 7) is 1.38. The maximum Gasteiger partial charge on any atom is 0.315 e. The third-order valence-electron chi connectivity index (χ3n) is 5.05. The fourth-order valence-electron chi connectivity index (χ4n) is 3.51. The van der Waals surface area contributed by atoms with Crippen LogP contribution < -0.4 is 16.0 Å². The average molecular weight is 315 g/mol. The van der Waals surface area contributed by atoms with E-state index in [-0.39, 0.29) is 17.4 Å². The summed E-state index contributed by atoms with van der Waals surface area (Å²) in [4.78, 5) is 23.8. The molecule has 2 fully saturated rings. The standard InChI is InChI=1S/C18H25N3O2/c22-16-15(8-4-11-19-16)21-17(23)20-13-18(9-5-10-18)12-14-6-2-1-3-7-14/h1-3,6-7,15H,4-5,8-13H2,(H,19,22)(H2,20,21,23)/t15-/m0/s1. The number of hydrogen-bond donors (Lipinski definition) is 3. The largest absolute Gasteiger partial charge is 0.354 e. The first-order valence-electron chi connectivity index (χ1n) is 8.53. The Labute approximate surface area is 137 Å². The second kappa shape index (κ2) is 7.02. The Balaban J connectivity index is 1.49. The summed E-state index contributed by atoms with van der Waals surface area (Å²) in [5, 5.41) is 8.56. The lowest BCUT2D eigenvalue weighted by Gasteiger charge is -2.42. The minimum atomic E-state index is -0.393. The van der Waals surface area contributed by atoms with E-state index in [1.54, 1.807) is 0 Å². The molecule has 2 aliphatic rings. The number of hydrogen-bond acceptors (Lipinski definition) is 2. The summed E-state index contributed by atoms with van der Waals surface area (Å²) in [6, 6.07) is 9.81. The molecule has 1 aliphatic heterocycles. The molecule has 1 aromatic carbocycles. The van der Waals surface area contributed by atoms with Crippen molar-refractivity contribution < 1.29 is 9.59 Å². The van der Waals surface area contributed by atoms with E-state index in [2.05, 4.69) is 40.2 Å². The Morgan fingerprint density at radius 1 is 1.22 bits per heavy atom.